The van der Waals surface area contributed by atoms with Crippen molar-refractivity contribution < 1.29 is 0 Å². The Morgan fingerprint density at radius 3 is 2.86 bits per heavy atom. The van der Waals surface area contributed by atoms with Crippen molar-refractivity contribution in [3.8, 4) is 0 Å². The van der Waals surface area contributed by atoms with Gasteiger partial charge in [0.15, 0.2) is 5.65 Å². The normalized spacial score (nSPS) is 11.4. The minimum atomic E-state index is 0.523. The highest BCUT2D eigenvalue weighted by atomic mass is 35.5. The van der Waals surface area contributed by atoms with Crippen LogP contribution in [0.2, 0.25) is 5.02 Å². The molecule has 3 rings (SSSR count). The maximum Gasteiger partial charge on any atom is 0.160 e. The molecule has 0 amide bonds. The summed E-state index contributed by atoms with van der Waals surface area (Å²) >= 11 is 13.6. The summed E-state index contributed by atoms with van der Waals surface area (Å²) in [6, 6.07) is 1.83. The number of hydrogen-bond donors (Lipinski definition) is 0. The van der Waals surface area contributed by atoms with Crippen LogP contribution in [0.1, 0.15) is 22.6 Å². The van der Waals surface area contributed by atoms with Crippen molar-refractivity contribution in [2.45, 2.75) is 26.3 Å². The van der Waals surface area contributed by atoms with Crippen molar-refractivity contribution in [1.82, 2.24) is 19.5 Å². The Hall–Kier alpha value is -1.17. The van der Waals surface area contributed by atoms with E-state index in [0.29, 0.717) is 23.9 Å². The molecule has 0 radical (unpaired) electrons. The average molecular weight is 341 g/mol. The molecule has 0 saturated carbocycles. The predicted molar refractivity (Wildman–Crippen MR) is 87.6 cm³/mol. The van der Waals surface area contributed by atoms with E-state index in [1.165, 1.54) is 4.88 Å². The number of fused-ring (bicyclic) bond motifs is 1. The first-order chi connectivity index (χ1) is 10.2. The number of thiazole rings is 1. The van der Waals surface area contributed by atoms with Gasteiger partial charge in [-0.25, -0.2) is 15.0 Å². The Balaban J connectivity index is 2.03. The van der Waals surface area contributed by atoms with Crippen molar-refractivity contribution in [1.29, 1.82) is 0 Å². The minimum absolute atomic E-state index is 0.523. The Labute approximate surface area is 136 Å². The van der Waals surface area contributed by atoms with E-state index in [1.807, 2.05) is 12.3 Å². The number of halogens is 2. The fraction of sp³-hybridized carbons (Fsp3) is 0.357. The van der Waals surface area contributed by atoms with Gasteiger partial charge in [0.25, 0.3) is 0 Å². The molecule has 3 aromatic heterocycles. The number of aromatic nitrogens is 4. The van der Waals surface area contributed by atoms with E-state index in [9.17, 15) is 0 Å². The molecule has 3 heterocycles. The van der Waals surface area contributed by atoms with Crippen LogP contribution in [0.25, 0.3) is 11.2 Å². The number of alkyl halides is 1. The SMILES string of the molecule is CCc1cnc(Cn2c(CCCl)nc3cc(Cl)cnc32)s1. The van der Waals surface area contributed by atoms with E-state index in [2.05, 4.69) is 26.4 Å². The van der Waals surface area contributed by atoms with Crippen molar-refractivity contribution in [3.63, 3.8) is 0 Å². The van der Waals surface area contributed by atoms with Gasteiger partial charge in [-0.2, -0.15) is 0 Å². The highest BCUT2D eigenvalue weighted by Gasteiger charge is 2.14. The van der Waals surface area contributed by atoms with Crippen molar-refractivity contribution in [2.24, 2.45) is 0 Å². The number of imidazole rings is 1. The molecule has 4 nitrogen and oxygen atoms in total. The van der Waals surface area contributed by atoms with Crippen LogP contribution in [0, 0.1) is 0 Å². The lowest BCUT2D eigenvalue weighted by atomic mass is 10.4. The number of rotatable bonds is 5. The summed E-state index contributed by atoms with van der Waals surface area (Å²) in [6.45, 7) is 2.80. The molecule has 0 aliphatic rings. The Kier molecular flexibility index (Phi) is 4.42. The quantitative estimate of drug-likeness (QED) is 0.661. The topological polar surface area (TPSA) is 43.6 Å². The molecule has 3 aromatic rings. The third-order valence-corrected chi connectivity index (χ3v) is 4.71. The smallest absolute Gasteiger partial charge is 0.160 e. The molecule has 0 aliphatic heterocycles. The maximum atomic E-state index is 5.99. The van der Waals surface area contributed by atoms with E-state index in [-0.39, 0.29) is 0 Å². The second-order valence-electron chi connectivity index (χ2n) is 4.62. The molecule has 0 atom stereocenters. The number of aryl methyl sites for hydroxylation is 2. The van der Waals surface area contributed by atoms with Gasteiger partial charge in [0.05, 0.1) is 11.6 Å². The largest absolute Gasteiger partial charge is 0.306 e. The maximum absolute atomic E-state index is 5.99. The monoisotopic (exact) mass is 340 g/mol. The fourth-order valence-corrected chi connectivity index (χ4v) is 3.37. The van der Waals surface area contributed by atoms with E-state index in [1.54, 1.807) is 17.5 Å². The summed E-state index contributed by atoms with van der Waals surface area (Å²) in [7, 11) is 0. The van der Waals surface area contributed by atoms with Crippen molar-refractivity contribution in [2.75, 3.05) is 5.88 Å². The van der Waals surface area contributed by atoms with Crippen molar-refractivity contribution >= 4 is 45.7 Å². The van der Waals surface area contributed by atoms with Gasteiger partial charge in [-0.1, -0.05) is 18.5 Å². The van der Waals surface area contributed by atoms with Crippen LogP contribution < -0.4 is 0 Å². The first-order valence-electron chi connectivity index (χ1n) is 6.71. The highest BCUT2D eigenvalue weighted by molar-refractivity contribution is 7.11. The molecule has 7 heteroatoms. The summed E-state index contributed by atoms with van der Waals surface area (Å²) in [5.41, 5.74) is 1.63. The first-order valence-corrected chi connectivity index (χ1v) is 8.44. The Morgan fingerprint density at radius 2 is 2.14 bits per heavy atom. The number of pyridine rings is 1. The number of nitrogens with zero attached hydrogens (tertiary/aromatic N) is 4. The van der Waals surface area contributed by atoms with E-state index < -0.39 is 0 Å². The zero-order chi connectivity index (χ0) is 14.8. The molecule has 0 bridgehead atoms. The second-order valence-corrected chi connectivity index (χ2v) is 6.64. The highest BCUT2D eigenvalue weighted by Crippen LogP contribution is 2.22. The van der Waals surface area contributed by atoms with Crippen LogP contribution >= 0.6 is 34.5 Å². The minimum Gasteiger partial charge on any atom is -0.306 e. The van der Waals surface area contributed by atoms with Crippen molar-refractivity contribution in [3.05, 3.63) is 39.2 Å². The van der Waals surface area contributed by atoms with E-state index >= 15 is 0 Å². The summed E-state index contributed by atoms with van der Waals surface area (Å²) in [4.78, 5) is 14.8. The Bertz CT molecular complexity index is 766. The lowest BCUT2D eigenvalue weighted by Gasteiger charge is -2.05. The van der Waals surface area contributed by atoms with Gasteiger partial charge in [0.1, 0.15) is 16.3 Å². The van der Waals surface area contributed by atoms with Crippen LogP contribution in [-0.4, -0.2) is 25.4 Å². The van der Waals surface area contributed by atoms with E-state index in [0.717, 1.165) is 28.4 Å². The van der Waals surface area contributed by atoms with Crippen LogP contribution in [0.5, 0.6) is 0 Å². The van der Waals surface area contributed by atoms with Gasteiger partial charge in [-0.05, 0) is 12.5 Å². The summed E-state index contributed by atoms with van der Waals surface area (Å²) < 4.78 is 2.08. The van der Waals surface area contributed by atoms with Gasteiger partial charge in [-0.3, -0.25) is 0 Å². The molecule has 0 saturated heterocycles. The van der Waals surface area contributed by atoms with Gasteiger partial charge < -0.3 is 4.57 Å². The molecular weight excluding hydrogens is 327 g/mol. The standard InChI is InChI=1S/C14H14Cl2N4S/c1-2-10-7-17-13(21-10)8-20-12(3-4-15)19-11-5-9(16)6-18-14(11)20/h5-7H,2-4,8H2,1H3. The lowest BCUT2D eigenvalue weighted by molar-refractivity contribution is 0.743. The van der Waals surface area contributed by atoms with Gasteiger partial charge in [0.2, 0.25) is 0 Å². The summed E-state index contributed by atoms with van der Waals surface area (Å²) in [5.74, 6) is 1.44. The lowest BCUT2D eigenvalue weighted by Crippen LogP contribution is -2.06. The summed E-state index contributed by atoms with van der Waals surface area (Å²) in [6.07, 6.45) is 5.28. The van der Waals surface area contributed by atoms with Crippen LogP contribution in [0.3, 0.4) is 0 Å². The molecule has 0 spiro atoms. The van der Waals surface area contributed by atoms with Crippen LogP contribution in [0.4, 0.5) is 0 Å². The van der Waals surface area contributed by atoms with Gasteiger partial charge in [-0.15, -0.1) is 22.9 Å². The molecule has 0 aliphatic carbocycles. The predicted octanol–water partition coefficient (Wildman–Crippen LogP) is 3.93. The molecular formula is C14H14Cl2N4S. The zero-order valence-corrected chi connectivity index (χ0v) is 13.8. The zero-order valence-electron chi connectivity index (χ0n) is 11.5. The average Bonchev–Trinajstić information content (AvgIpc) is 3.05. The second kappa shape index (κ2) is 6.30. The third-order valence-electron chi connectivity index (χ3n) is 3.19. The third kappa shape index (κ3) is 3.05. The van der Waals surface area contributed by atoms with Gasteiger partial charge in [0, 0.05) is 29.6 Å². The van der Waals surface area contributed by atoms with Crippen LogP contribution in [0.15, 0.2) is 18.5 Å². The molecule has 0 unspecified atom stereocenters. The first kappa shape index (κ1) is 14.8. The summed E-state index contributed by atoms with van der Waals surface area (Å²) in [5, 5.41) is 1.64. The fourth-order valence-electron chi connectivity index (χ4n) is 2.19. The number of hydrogen-bond acceptors (Lipinski definition) is 4. The van der Waals surface area contributed by atoms with E-state index in [4.69, 9.17) is 23.2 Å². The van der Waals surface area contributed by atoms with Crippen LogP contribution in [-0.2, 0) is 19.4 Å². The van der Waals surface area contributed by atoms with Gasteiger partial charge >= 0.3 is 0 Å². The molecule has 0 N–H and O–H groups in total. The molecule has 0 fully saturated rings. The molecule has 21 heavy (non-hydrogen) atoms. The Morgan fingerprint density at radius 1 is 1.29 bits per heavy atom. The molecule has 110 valence electrons. The molecule has 0 aromatic carbocycles.